The molecule has 2 aromatic carbocycles. The number of hydrogen-bond donors (Lipinski definition) is 1. The SMILES string of the molecule is CC[C@H](C(=O)NC1CCCC1)N(CCc1ccccc1)C(=O)CCSCc1ccccc1. The molecule has 3 rings (SSSR count). The molecule has 1 fully saturated rings. The average molecular weight is 453 g/mol. The molecule has 0 aromatic heterocycles. The molecule has 1 N–H and O–H groups in total. The molecule has 0 bridgehead atoms. The van der Waals surface area contributed by atoms with Gasteiger partial charge in [-0.25, -0.2) is 0 Å². The van der Waals surface area contributed by atoms with Crippen LogP contribution in [0.4, 0.5) is 0 Å². The van der Waals surface area contributed by atoms with E-state index >= 15 is 0 Å². The van der Waals surface area contributed by atoms with Gasteiger partial charge in [-0.2, -0.15) is 11.8 Å². The Balaban J connectivity index is 1.59. The summed E-state index contributed by atoms with van der Waals surface area (Å²) in [5, 5.41) is 3.21. The molecule has 1 saturated carbocycles. The molecule has 172 valence electrons. The Morgan fingerprint density at radius 1 is 1.00 bits per heavy atom. The van der Waals surface area contributed by atoms with Gasteiger partial charge in [0.15, 0.2) is 0 Å². The van der Waals surface area contributed by atoms with Crippen LogP contribution in [-0.4, -0.2) is 41.1 Å². The molecule has 5 heteroatoms. The van der Waals surface area contributed by atoms with Crippen LogP contribution in [0.25, 0.3) is 0 Å². The predicted molar refractivity (Wildman–Crippen MR) is 134 cm³/mol. The summed E-state index contributed by atoms with van der Waals surface area (Å²) in [4.78, 5) is 28.2. The lowest BCUT2D eigenvalue weighted by atomic mass is 10.1. The molecular weight excluding hydrogens is 416 g/mol. The second kappa shape index (κ2) is 13.3. The van der Waals surface area contributed by atoms with Crippen molar-refractivity contribution >= 4 is 23.6 Å². The van der Waals surface area contributed by atoms with Crippen LogP contribution in [-0.2, 0) is 21.8 Å². The summed E-state index contributed by atoms with van der Waals surface area (Å²) in [7, 11) is 0. The molecule has 0 saturated heterocycles. The number of amides is 2. The van der Waals surface area contributed by atoms with E-state index in [0.29, 0.717) is 19.4 Å². The lowest BCUT2D eigenvalue weighted by Crippen LogP contribution is -2.51. The minimum absolute atomic E-state index is 0.0118. The van der Waals surface area contributed by atoms with Crippen molar-refractivity contribution in [1.82, 2.24) is 10.2 Å². The number of nitrogens with one attached hydrogen (secondary N) is 1. The molecule has 32 heavy (non-hydrogen) atoms. The van der Waals surface area contributed by atoms with Gasteiger partial charge in [-0.3, -0.25) is 9.59 Å². The number of carbonyl (C=O) groups is 2. The van der Waals surface area contributed by atoms with Crippen molar-refractivity contribution in [1.29, 1.82) is 0 Å². The Bertz CT molecular complexity index is 822. The van der Waals surface area contributed by atoms with Crippen molar-refractivity contribution in [3.8, 4) is 0 Å². The maximum absolute atomic E-state index is 13.3. The first kappa shape index (κ1) is 24.4. The topological polar surface area (TPSA) is 49.4 Å². The summed E-state index contributed by atoms with van der Waals surface area (Å²) in [5.41, 5.74) is 2.46. The summed E-state index contributed by atoms with van der Waals surface area (Å²) in [6.07, 6.45) is 6.31. The summed E-state index contributed by atoms with van der Waals surface area (Å²) in [6, 6.07) is 20.4. The van der Waals surface area contributed by atoms with Crippen LogP contribution >= 0.6 is 11.8 Å². The van der Waals surface area contributed by atoms with E-state index in [1.165, 1.54) is 24.0 Å². The summed E-state index contributed by atoms with van der Waals surface area (Å²) < 4.78 is 0. The Labute approximate surface area is 197 Å². The largest absolute Gasteiger partial charge is 0.352 e. The van der Waals surface area contributed by atoms with E-state index in [1.807, 2.05) is 48.2 Å². The van der Waals surface area contributed by atoms with Gasteiger partial charge in [0, 0.05) is 30.5 Å². The molecular formula is C27H36N2O2S. The zero-order chi connectivity index (χ0) is 22.6. The van der Waals surface area contributed by atoms with Gasteiger partial charge >= 0.3 is 0 Å². The van der Waals surface area contributed by atoms with E-state index in [0.717, 1.165) is 30.8 Å². The molecule has 2 aromatic rings. The van der Waals surface area contributed by atoms with Crippen molar-refractivity contribution in [3.05, 3.63) is 71.8 Å². The molecule has 1 aliphatic rings. The van der Waals surface area contributed by atoms with Gasteiger partial charge in [0.1, 0.15) is 6.04 Å². The third-order valence-corrected chi connectivity index (χ3v) is 7.17. The van der Waals surface area contributed by atoms with E-state index in [4.69, 9.17) is 0 Å². The zero-order valence-electron chi connectivity index (χ0n) is 19.2. The first-order chi connectivity index (χ1) is 15.7. The van der Waals surface area contributed by atoms with Gasteiger partial charge < -0.3 is 10.2 Å². The van der Waals surface area contributed by atoms with Crippen LogP contribution in [0.1, 0.15) is 56.6 Å². The van der Waals surface area contributed by atoms with Gasteiger partial charge in [0.25, 0.3) is 0 Å². The first-order valence-corrected chi connectivity index (χ1v) is 13.1. The third-order valence-electron chi connectivity index (χ3n) is 6.14. The summed E-state index contributed by atoms with van der Waals surface area (Å²) in [6.45, 7) is 2.58. The zero-order valence-corrected chi connectivity index (χ0v) is 20.0. The highest BCUT2D eigenvalue weighted by molar-refractivity contribution is 7.98. The minimum Gasteiger partial charge on any atom is -0.352 e. The van der Waals surface area contributed by atoms with Crippen LogP contribution in [0, 0.1) is 0 Å². The Morgan fingerprint density at radius 2 is 1.62 bits per heavy atom. The number of rotatable bonds is 12. The normalized spacial score (nSPS) is 14.8. The molecule has 1 aliphatic carbocycles. The molecule has 1 atom stereocenters. The number of hydrogen-bond acceptors (Lipinski definition) is 3. The van der Waals surface area contributed by atoms with Crippen molar-refractivity contribution < 1.29 is 9.59 Å². The molecule has 2 amide bonds. The standard InChI is InChI=1S/C27H36N2O2S/c1-2-25(27(31)28-24-15-9-10-16-24)29(19-17-22-11-5-3-6-12-22)26(30)18-20-32-21-23-13-7-4-8-14-23/h3-8,11-14,24-25H,2,9-10,15-21H2,1H3,(H,28,31)/t25-/m1/s1. The predicted octanol–water partition coefficient (Wildman–Crippen LogP) is 5.22. The maximum atomic E-state index is 13.3. The Hall–Kier alpha value is -2.27. The van der Waals surface area contributed by atoms with Gasteiger partial charge in [-0.1, -0.05) is 80.4 Å². The summed E-state index contributed by atoms with van der Waals surface area (Å²) in [5.74, 6) is 1.75. The van der Waals surface area contributed by atoms with Gasteiger partial charge in [0.05, 0.1) is 0 Å². The summed E-state index contributed by atoms with van der Waals surface area (Å²) >= 11 is 1.77. The van der Waals surface area contributed by atoms with E-state index in [-0.39, 0.29) is 17.9 Å². The second-order valence-electron chi connectivity index (χ2n) is 8.52. The molecule has 0 heterocycles. The first-order valence-electron chi connectivity index (χ1n) is 11.9. The number of nitrogens with zero attached hydrogens (tertiary/aromatic N) is 1. The van der Waals surface area contributed by atoms with Crippen LogP contribution in [0.5, 0.6) is 0 Å². The highest BCUT2D eigenvalue weighted by Gasteiger charge is 2.30. The monoisotopic (exact) mass is 452 g/mol. The second-order valence-corrected chi connectivity index (χ2v) is 9.63. The highest BCUT2D eigenvalue weighted by atomic mass is 32.2. The fourth-order valence-electron chi connectivity index (χ4n) is 4.33. The van der Waals surface area contributed by atoms with Crippen molar-refractivity contribution in [2.24, 2.45) is 0 Å². The van der Waals surface area contributed by atoms with Gasteiger partial charge in [-0.05, 0) is 36.8 Å². The quantitative estimate of drug-likeness (QED) is 0.449. The van der Waals surface area contributed by atoms with Crippen LogP contribution < -0.4 is 5.32 Å². The molecule has 0 spiro atoms. The number of carbonyl (C=O) groups excluding carboxylic acids is 2. The molecule has 4 nitrogen and oxygen atoms in total. The van der Waals surface area contributed by atoms with E-state index < -0.39 is 6.04 Å². The molecule has 0 aliphatic heterocycles. The van der Waals surface area contributed by atoms with Crippen LogP contribution in [0.15, 0.2) is 60.7 Å². The van der Waals surface area contributed by atoms with Gasteiger partial charge in [-0.15, -0.1) is 0 Å². The fraction of sp³-hybridized carbons (Fsp3) is 0.481. The van der Waals surface area contributed by atoms with E-state index in [9.17, 15) is 9.59 Å². The smallest absolute Gasteiger partial charge is 0.243 e. The Morgan fingerprint density at radius 3 is 2.25 bits per heavy atom. The van der Waals surface area contributed by atoms with E-state index in [2.05, 4.69) is 29.6 Å². The van der Waals surface area contributed by atoms with E-state index in [1.54, 1.807) is 11.8 Å². The van der Waals surface area contributed by atoms with Gasteiger partial charge in [0.2, 0.25) is 11.8 Å². The Kier molecular flexibility index (Phi) is 10.1. The number of thioether (sulfide) groups is 1. The maximum Gasteiger partial charge on any atom is 0.243 e. The van der Waals surface area contributed by atoms with Crippen LogP contribution in [0.3, 0.4) is 0 Å². The van der Waals surface area contributed by atoms with Crippen molar-refractivity contribution in [2.45, 2.75) is 69.7 Å². The molecule has 0 unspecified atom stereocenters. The fourth-order valence-corrected chi connectivity index (χ4v) is 5.22. The lowest BCUT2D eigenvalue weighted by Gasteiger charge is -2.31. The van der Waals surface area contributed by atoms with Crippen LogP contribution in [0.2, 0.25) is 0 Å². The average Bonchev–Trinajstić information content (AvgIpc) is 3.33. The minimum atomic E-state index is -0.397. The lowest BCUT2D eigenvalue weighted by molar-refractivity contribution is -0.140. The highest BCUT2D eigenvalue weighted by Crippen LogP contribution is 2.19. The third kappa shape index (κ3) is 7.70. The molecule has 0 radical (unpaired) electrons. The van der Waals surface area contributed by atoms with Crippen molar-refractivity contribution in [3.63, 3.8) is 0 Å². The number of benzene rings is 2. The van der Waals surface area contributed by atoms with Crippen molar-refractivity contribution in [2.75, 3.05) is 12.3 Å².